The number of hydrogen-bond acceptors (Lipinski definition) is 9. The third kappa shape index (κ3) is 4.63. The zero-order valence-electron chi connectivity index (χ0n) is 20.3. The Bertz CT molecular complexity index is 1550. The molecule has 0 aliphatic rings. The summed E-state index contributed by atoms with van der Waals surface area (Å²) in [6.45, 7) is 4.06. The molecule has 192 valence electrons. The summed E-state index contributed by atoms with van der Waals surface area (Å²) in [5, 5.41) is 51.2. The lowest BCUT2D eigenvalue weighted by molar-refractivity contribution is -0.140. The van der Waals surface area contributed by atoms with E-state index >= 15 is 0 Å². The van der Waals surface area contributed by atoms with Gasteiger partial charge in [-0.2, -0.15) is 0 Å². The van der Waals surface area contributed by atoms with Gasteiger partial charge in [0.25, 0.3) is 0 Å². The van der Waals surface area contributed by atoms with E-state index in [1.54, 1.807) is 12.1 Å². The van der Waals surface area contributed by atoms with Crippen LogP contribution >= 0.6 is 0 Å². The van der Waals surface area contributed by atoms with Crippen molar-refractivity contribution < 1.29 is 39.5 Å². The summed E-state index contributed by atoms with van der Waals surface area (Å²) in [6, 6.07) is 11.8. The van der Waals surface area contributed by atoms with Crippen LogP contribution in [0.5, 0.6) is 28.7 Å². The first-order valence-electron chi connectivity index (χ1n) is 11.5. The van der Waals surface area contributed by atoms with E-state index in [1.165, 1.54) is 13.2 Å². The molecule has 0 saturated carbocycles. The maximum atomic E-state index is 13.2. The number of aromatic hydroxyl groups is 5. The summed E-state index contributed by atoms with van der Waals surface area (Å²) < 4.78 is 10.8. The number of carbonyl (C=O) groups excluding carboxylic acids is 1. The molecule has 3 aromatic carbocycles. The van der Waals surface area contributed by atoms with E-state index in [0.29, 0.717) is 5.56 Å². The largest absolute Gasteiger partial charge is 0.507 e. The van der Waals surface area contributed by atoms with Crippen molar-refractivity contribution in [1.29, 1.82) is 0 Å². The number of phenols is 4. The lowest BCUT2D eigenvalue weighted by Gasteiger charge is -2.21. The minimum Gasteiger partial charge on any atom is -0.507 e. The molecule has 0 radical (unpaired) electrons. The molecule has 0 saturated heterocycles. The molecule has 0 spiro atoms. The van der Waals surface area contributed by atoms with Gasteiger partial charge in [-0.15, -0.1) is 0 Å². The van der Waals surface area contributed by atoms with Crippen molar-refractivity contribution in [2.45, 2.75) is 32.1 Å². The molecule has 1 atom stereocenters. The van der Waals surface area contributed by atoms with E-state index in [1.807, 2.05) is 26.0 Å². The molecule has 0 amide bonds. The highest BCUT2D eigenvalue weighted by molar-refractivity contribution is 5.92. The predicted octanol–water partition coefficient (Wildman–Crippen LogP) is 4.81. The van der Waals surface area contributed by atoms with Crippen LogP contribution in [0.15, 0.2) is 57.7 Å². The first kappa shape index (κ1) is 25.4. The Morgan fingerprint density at radius 1 is 0.865 bits per heavy atom. The van der Waals surface area contributed by atoms with E-state index in [0.717, 1.165) is 23.8 Å². The highest BCUT2D eigenvalue weighted by atomic mass is 16.5. The van der Waals surface area contributed by atoms with Crippen molar-refractivity contribution in [3.63, 3.8) is 0 Å². The number of benzene rings is 3. The Kier molecular flexibility index (Phi) is 6.72. The van der Waals surface area contributed by atoms with Crippen molar-refractivity contribution in [3.05, 3.63) is 75.4 Å². The van der Waals surface area contributed by atoms with E-state index in [9.17, 15) is 35.1 Å². The molecule has 0 aliphatic carbocycles. The Hall–Kier alpha value is -4.66. The van der Waals surface area contributed by atoms with Crippen molar-refractivity contribution in [2.24, 2.45) is 0 Å². The van der Waals surface area contributed by atoms with Gasteiger partial charge in [-0.05, 0) is 35.2 Å². The minimum atomic E-state index is -0.991. The quantitative estimate of drug-likeness (QED) is 0.183. The number of ether oxygens (including phenoxy) is 1. The summed E-state index contributed by atoms with van der Waals surface area (Å²) >= 11 is 0. The molecule has 5 N–H and O–H groups in total. The smallest absolute Gasteiger partial charge is 0.306 e. The Labute approximate surface area is 211 Å². The number of esters is 1. The Morgan fingerprint density at radius 2 is 1.51 bits per heavy atom. The second-order valence-electron chi connectivity index (χ2n) is 9.00. The number of hydrogen-bond donors (Lipinski definition) is 5. The average molecular weight is 507 g/mol. The van der Waals surface area contributed by atoms with Gasteiger partial charge in [-0.1, -0.05) is 38.1 Å². The van der Waals surface area contributed by atoms with Gasteiger partial charge < -0.3 is 34.7 Å². The number of rotatable bonds is 6. The number of fused-ring (bicyclic) bond motifs is 1. The maximum Gasteiger partial charge on any atom is 0.306 e. The Balaban J connectivity index is 2.05. The molecule has 4 aromatic rings. The molecule has 9 heteroatoms. The van der Waals surface area contributed by atoms with Gasteiger partial charge in [0.1, 0.15) is 22.5 Å². The molecule has 4 rings (SSSR count). The fraction of sp³-hybridized carbons (Fsp3) is 0.214. The molecule has 1 heterocycles. The molecular weight excluding hydrogens is 480 g/mol. The lowest BCUT2D eigenvalue weighted by Crippen LogP contribution is -2.12. The van der Waals surface area contributed by atoms with Crippen LogP contribution in [0, 0.1) is 0 Å². The topological polar surface area (TPSA) is 158 Å². The lowest BCUT2D eigenvalue weighted by atomic mass is 9.85. The second-order valence-corrected chi connectivity index (χ2v) is 9.00. The van der Waals surface area contributed by atoms with E-state index in [2.05, 4.69) is 0 Å². The zero-order valence-corrected chi connectivity index (χ0v) is 20.3. The van der Waals surface area contributed by atoms with Crippen molar-refractivity contribution >= 4 is 16.9 Å². The summed E-state index contributed by atoms with van der Waals surface area (Å²) in [6.07, 6.45) is -0.231. The van der Waals surface area contributed by atoms with Gasteiger partial charge in [0, 0.05) is 23.1 Å². The summed E-state index contributed by atoms with van der Waals surface area (Å²) in [5.41, 5.74) is 0.477. The fourth-order valence-electron chi connectivity index (χ4n) is 4.29. The van der Waals surface area contributed by atoms with Gasteiger partial charge >= 0.3 is 5.97 Å². The first-order chi connectivity index (χ1) is 17.5. The van der Waals surface area contributed by atoms with Crippen LogP contribution in [0.1, 0.15) is 48.8 Å². The van der Waals surface area contributed by atoms with Crippen LogP contribution in [-0.2, 0) is 9.53 Å². The van der Waals surface area contributed by atoms with Gasteiger partial charge in [-0.3, -0.25) is 9.59 Å². The van der Waals surface area contributed by atoms with Gasteiger partial charge in [0.15, 0.2) is 17.3 Å². The van der Waals surface area contributed by atoms with E-state index < -0.39 is 51.4 Å². The molecule has 9 nitrogen and oxygen atoms in total. The minimum absolute atomic E-state index is 0.0249. The summed E-state index contributed by atoms with van der Waals surface area (Å²) in [5.74, 6) is -4.44. The highest BCUT2D eigenvalue weighted by Crippen LogP contribution is 2.45. The SMILES string of the molecule is COC(=O)C[C@@H](c1ccc(C(C)C)cc1)c1c(O)cc(O)c2c(=O)c(O)c(-c3ccc(O)c(O)c3)oc12. The summed E-state index contributed by atoms with van der Waals surface area (Å²) in [4.78, 5) is 25.6. The number of phenolic OH excluding ortho intramolecular Hbond substituents is 4. The molecule has 1 aromatic heterocycles. The van der Waals surface area contributed by atoms with Crippen LogP contribution < -0.4 is 5.43 Å². The monoisotopic (exact) mass is 506 g/mol. The van der Waals surface area contributed by atoms with Crippen LogP contribution in [-0.4, -0.2) is 38.6 Å². The van der Waals surface area contributed by atoms with Gasteiger partial charge in [0.05, 0.1) is 13.5 Å². The molecule has 37 heavy (non-hydrogen) atoms. The normalized spacial score (nSPS) is 12.1. The van der Waals surface area contributed by atoms with Crippen LogP contribution in [0.2, 0.25) is 0 Å². The zero-order chi connectivity index (χ0) is 27.0. The molecule has 0 aliphatic heterocycles. The standard InChI is InChI=1S/C28H26O9/c1-13(2)14-4-6-15(7-5-14)17(11-22(33)36-3)23-20(31)12-21(32)24-25(34)26(35)27(37-28(23)24)16-8-9-18(29)19(30)10-16/h4-10,12-13,17,29-32,35H,11H2,1-3H3/t17-/m0/s1. The predicted molar refractivity (Wildman–Crippen MR) is 135 cm³/mol. The van der Waals surface area contributed by atoms with Crippen molar-refractivity contribution in [3.8, 4) is 40.1 Å². The molecule has 0 fully saturated rings. The summed E-state index contributed by atoms with van der Waals surface area (Å²) in [7, 11) is 1.23. The molecule has 0 unspecified atom stereocenters. The second kappa shape index (κ2) is 9.77. The number of carbonyl (C=O) groups is 1. The van der Waals surface area contributed by atoms with E-state index in [-0.39, 0.29) is 34.8 Å². The molecule has 0 bridgehead atoms. The van der Waals surface area contributed by atoms with E-state index in [4.69, 9.17) is 9.15 Å². The van der Waals surface area contributed by atoms with Gasteiger partial charge in [0.2, 0.25) is 11.2 Å². The fourth-order valence-corrected chi connectivity index (χ4v) is 4.29. The first-order valence-corrected chi connectivity index (χ1v) is 11.5. The number of methoxy groups -OCH3 is 1. The molecular formula is C28H26O9. The van der Waals surface area contributed by atoms with Crippen LogP contribution in [0.3, 0.4) is 0 Å². The maximum absolute atomic E-state index is 13.2. The van der Waals surface area contributed by atoms with Gasteiger partial charge in [-0.25, -0.2) is 0 Å². The third-order valence-corrected chi connectivity index (χ3v) is 6.33. The highest BCUT2D eigenvalue weighted by Gasteiger charge is 2.30. The van der Waals surface area contributed by atoms with Crippen LogP contribution in [0.4, 0.5) is 0 Å². The Morgan fingerprint density at radius 3 is 2.11 bits per heavy atom. The average Bonchev–Trinajstić information content (AvgIpc) is 2.86. The van der Waals surface area contributed by atoms with Crippen molar-refractivity contribution in [1.82, 2.24) is 0 Å². The van der Waals surface area contributed by atoms with Crippen molar-refractivity contribution in [2.75, 3.05) is 7.11 Å². The van der Waals surface area contributed by atoms with Crippen LogP contribution in [0.25, 0.3) is 22.3 Å². The third-order valence-electron chi connectivity index (χ3n) is 6.33.